The predicted molar refractivity (Wildman–Crippen MR) is 103 cm³/mol. The Balaban J connectivity index is 2.02. The van der Waals surface area contributed by atoms with E-state index in [9.17, 15) is 0 Å². The average molecular weight is 350 g/mol. The molecule has 1 aromatic carbocycles. The van der Waals surface area contributed by atoms with Gasteiger partial charge in [0.05, 0.1) is 19.8 Å². The van der Waals surface area contributed by atoms with Gasteiger partial charge >= 0.3 is 0 Å². The third kappa shape index (κ3) is 6.10. The molecule has 0 amide bonds. The zero-order chi connectivity index (χ0) is 18.1. The third-order valence-corrected chi connectivity index (χ3v) is 4.91. The van der Waals surface area contributed by atoms with Crippen LogP contribution in [0, 0.1) is 11.8 Å². The molecule has 0 unspecified atom stereocenters. The van der Waals surface area contributed by atoms with Crippen molar-refractivity contribution in [1.82, 2.24) is 5.32 Å². The van der Waals surface area contributed by atoms with E-state index in [-0.39, 0.29) is 0 Å². The maximum Gasteiger partial charge on any atom is 0.164 e. The van der Waals surface area contributed by atoms with Crippen molar-refractivity contribution in [3.8, 4) is 17.2 Å². The molecule has 1 aliphatic rings. The molecule has 1 saturated carbocycles. The van der Waals surface area contributed by atoms with Gasteiger partial charge in [-0.25, -0.2) is 0 Å². The van der Waals surface area contributed by atoms with Gasteiger partial charge in [0.15, 0.2) is 11.5 Å². The van der Waals surface area contributed by atoms with Crippen LogP contribution in [0.2, 0.25) is 0 Å². The van der Waals surface area contributed by atoms with E-state index in [0.717, 1.165) is 47.7 Å². The van der Waals surface area contributed by atoms with Crippen molar-refractivity contribution in [1.29, 1.82) is 0 Å². The minimum Gasteiger partial charge on any atom is -0.493 e. The molecule has 142 valence electrons. The Morgan fingerprint density at radius 2 is 1.40 bits per heavy atom. The van der Waals surface area contributed by atoms with Crippen LogP contribution in [0.4, 0.5) is 0 Å². The Bertz CT molecular complexity index is 510. The summed E-state index contributed by atoms with van der Waals surface area (Å²) in [6.45, 7) is 12.1. The minimum atomic E-state index is 0.614. The van der Waals surface area contributed by atoms with Crippen LogP contribution in [0.15, 0.2) is 12.1 Å². The van der Waals surface area contributed by atoms with Gasteiger partial charge in [-0.15, -0.1) is 0 Å². The summed E-state index contributed by atoms with van der Waals surface area (Å²) in [5.74, 6) is 4.16. The fourth-order valence-corrected chi connectivity index (χ4v) is 3.49. The van der Waals surface area contributed by atoms with E-state index in [0.29, 0.717) is 19.8 Å². The molecule has 4 heteroatoms. The van der Waals surface area contributed by atoms with Gasteiger partial charge in [0.2, 0.25) is 0 Å². The summed E-state index contributed by atoms with van der Waals surface area (Å²) in [5, 5.41) is 3.63. The number of rotatable bonds is 10. The molecule has 0 heterocycles. The van der Waals surface area contributed by atoms with E-state index < -0.39 is 0 Å². The summed E-state index contributed by atoms with van der Waals surface area (Å²) in [5.41, 5.74) is 1.14. The minimum absolute atomic E-state index is 0.614. The summed E-state index contributed by atoms with van der Waals surface area (Å²) in [4.78, 5) is 0. The Kier molecular flexibility index (Phi) is 8.39. The van der Waals surface area contributed by atoms with Crippen molar-refractivity contribution in [2.45, 2.75) is 59.9 Å². The normalized spacial score (nSPS) is 20.3. The van der Waals surface area contributed by atoms with Crippen molar-refractivity contribution >= 4 is 0 Å². The third-order valence-electron chi connectivity index (χ3n) is 4.91. The molecule has 0 saturated heterocycles. The van der Waals surface area contributed by atoms with E-state index in [1.807, 2.05) is 26.8 Å². The smallest absolute Gasteiger partial charge is 0.164 e. The van der Waals surface area contributed by atoms with Crippen LogP contribution in [0.5, 0.6) is 17.2 Å². The number of ether oxygens (including phenoxy) is 3. The van der Waals surface area contributed by atoms with Gasteiger partial charge in [0.1, 0.15) is 5.75 Å². The zero-order valence-electron chi connectivity index (χ0n) is 16.4. The first kappa shape index (κ1) is 19.9. The number of benzene rings is 1. The lowest BCUT2D eigenvalue weighted by Gasteiger charge is -2.26. The summed E-state index contributed by atoms with van der Waals surface area (Å²) < 4.78 is 17.3. The summed E-state index contributed by atoms with van der Waals surface area (Å²) in [6, 6.07) is 4.03. The fourth-order valence-electron chi connectivity index (χ4n) is 3.49. The Morgan fingerprint density at radius 3 is 2.00 bits per heavy atom. The van der Waals surface area contributed by atoms with Gasteiger partial charge in [0, 0.05) is 18.2 Å². The quantitative estimate of drug-likeness (QED) is 0.659. The van der Waals surface area contributed by atoms with Crippen molar-refractivity contribution in [3.63, 3.8) is 0 Å². The fraction of sp³-hybridized carbons (Fsp3) is 0.714. The van der Waals surface area contributed by atoms with Gasteiger partial charge in [-0.1, -0.05) is 19.8 Å². The van der Waals surface area contributed by atoms with Crippen LogP contribution in [0.1, 0.15) is 58.9 Å². The van der Waals surface area contributed by atoms with Gasteiger partial charge < -0.3 is 19.5 Å². The average Bonchev–Trinajstić information content (AvgIpc) is 2.60. The summed E-state index contributed by atoms with van der Waals surface area (Å²) in [6.07, 6.45) is 5.43. The Labute approximate surface area is 153 Å². The number of hydrogen-bond acceptors (Lipinski definition) is 4. The number of hydrogen-bond donors (Lipinski definition) is 1. The van der Waals surface area contributed by atoms with Gasteiger partial charge in [-0.2, -0.15) is 0 Å². The molecular weight excluding hydrogens is 314 g/mol. The van der Waals surface area contributed by atoms with E-state index in [4.69, 9.17) is 14.2 Å². The van der Waals surface area contributed by atoms with Gasteiger partial charge in [0.25, 0.3) is 0 Å². The van der Waals surface area contributed by atoms with Gasteiger partial charge in [-0.3, -0.25) is 0 Å². The molecule has 0 aliphatic heterocycles. The molecule has 0 spiro atoms. The highest BCUT2D eigenvalue weighted by Gasteiger charge is 2.18. The molecule has 25 heavy (non-hydrogen) atoms. The SMILES string of the molecule is CCOc1cc(OCC)c(OCC)cc1CNCC1CCC(C)CC1. The second-order valence-electron chi connectivity index (χ2n) is 6.96. The van der Waals surface area contributed by atoms with Crippen molar-refractivity contribution in [3.05, 3.63) is 17.7 Å². The monoisotopic (exact) mass is 349 g/mol. The lowest BCUT2D eigenvalue weighted by molar-refractivity contribution is 0.277. The van der Waals surface area contributed by atoms with Crippen LogP contribution < -0.4 is 19.5 Å². The van der Waals surface area contributed by atoms with Crippen LogP contribution >= 0.6 is 0 Å². The largest absolute Gasteiger partial charge is 0.493 e. The Hall–Kier alpha value is -1.42. The Morgan fingerprint density at radius 1 is 0.840 bits per heavy atom. The molecule has 0 radical (unpaired) electrons. The maximum absolute atomic E-state index is 5.84. The van der Waals surface area contributed by atoms with Crippen LogP contribution in [-0.2, 0) is 6.54 Å². The first-order valence-electron chi connectivity index (χ1n) is 9.93. The van der Waals surface area contributed by atoms with E-state index in [1.54, 1.807) is 0 Å². The molecule has 0 atom stereocenters. The molecule has 0 bridgehead atoms. The topological polar surface area (TPSA) is 39.7 Å². The highest BCUT2D eigenvalue weighted by atomic mass is 16.5. The predicted octanol–water partition coefficient (Wildman–Crippen LogP) is 4.80. The number of nitrogens with one attached hydrogen (secondary N) is 1. The maximum atomic E-state index is 5.84. The lowest BCUT2D eigenvalue weighted by atomic mass is 9.83. The zero-order valence-corrected chi connectivity index (χ0v) is 16.4. The first-order chi connectivity index (χ1) is 12.2. The van der Waals surface area contributed by atoms with Crippen LogP contribution in [0.25, 0.3) is 0 Å². The van der Waals surface area contributed by atoms with E-state index in [1.165, 1.54) is 25.7 Å². The highest BCUT2D eigenvalue weighted by Crippen LogP contribution is 2.35. The molecule has 0 aromatic heterocycles. The second-order valence-corrected chi connectivity index (χ2v) is 6.96. The second kappa shape index (κ2) is 10.5. The molecule has 2 rings (SSSR count). The standard InChI is InChI=1S/C21H35NO3/c1-5-23-19-13-21(25-7-3)20(24-6-2)12-18(19)15-22-14-17-10-8-16(4)9-11-17/h12-13,16-17,22H,5-11,14-15H2,1-4H3. The van der Waals surface area contributed by atoms with Crippen molar-refractivity contribution < 1.29 is 14.2 Å². The van der Waals surface area contributed by atoms with E-state index in [2.05, 4.69) is 18.3 Å². The van der Waals surface area contributed by atoms with Crippen molar-refractivity contribution in [2.75, 3.05) is 26.4 Å². The highest BCUT2D eigenvalue weighted by molar-refractivity contribution is 5.50. The lowest BCUT2D eigenvalue weighted by Crippen LogP contribution is -2.26. The molecule has 1 fully saturated rings. The molecular formula is C21H35NO3. The van der Waals surface area contributed by atoms with Crippen LogP contribution in [0.3, 0.4) is 0 Å². The summed E-state index contributed by atoms with van der Waals surface area (Å²) >= 11 is 0. The first-order valence-corrected chi connectivity index (χ1v) is 9.93. The van der Waals surface area contributed by atoms with Crippen molar-refractivity contribution in [2.24, 2.45) is 11.8 Å². The molecule has 1 aliphatic carbocycles. The molecule has 1 aromatic rings. The summed E-state index contributed by atoms with van der Waals surface area (Å²) in [7, 11) is 0. The molecule has 1 N–H and O–H groups in total. The van der Waals surface area contributed by atoms with E-state index >= 15 is 0 Å². The van der Waals surface area contributed by atoms with Gasteiger partial charge in [-0.05, 0) is 58.1 Å². The molecule has 4 nitrogen and oxygen atoms in total. The van der Waals surface area contributed by atoms with Crippen LogP contribution in [-0.4, -0.2) is 26.4 Å².